The topological polar surface area (TPSA) is 45.8 Å². The smallest absolute Gasteiger partial charge is 0.305 e. The molecule has 0 aliphatic heterocycles. The van der Waals surface area contributed by atoms with Gasteiger partial charge in [0.2, 0.25) is 0 Å². The highest BCUT2D eigenvalue weighted by Gasteiger charge is 2.14. The maximum absolute atomic E-state index is 11.3. The lowest BCUT2D eigenvalue weighted by atomic mass is 10.0. The molecule has 1 aromatic carbocycles. The van der Waals surface area contributed by atoms with Crippen LogP contribution in [-0.2, 0) is 12.8 Å². The van der Waals surface area contributed by atoms with Crippen LogP contribution in [0.25, 0.3) is 11.3 Å². The number of hydrogen-bond acceptors (Lipinski definition) is 2. The van der Waals surface area contributed by atoms with Crippen molar-refractivity contribution in [1.29, 1.82) is 0 Å². The number of rotatable bonds is 0. The summed E-state index contributed by atoms with van der Waals surface area (Å²) < 4.78 is 0. The number of benzene rings is 1. The van der Waals surface area contributed by atoms with Crippen LogP contribution < -0.4 is 5.69 Å². The number of hydrogen-bond donors (Lipinski definition) is 1. The van der Waals surface area contributed by atoms with E-state index in [9.17, 15) is 4.79 Å². The zero-order chi connectivity index (χ0) is 11.0. The van der Waals surface area contributed by atoms with Gasteiger partial charge in [-0.3, -0.25) is 0 Å². The molecule has 0 spiro atoms. The van der Waals surface area contributed by atoms with Gasteiger partial charge in [0.05, 0.1) is 5.69 Å². The fraction of sp³-hybridized carbons (Fsp3) is 0.231. The van der Waals surface area contributed by atoms with Gasteiger partial charge in [-0.2, -0.15) is 0 Å². The molecular formula is C13H12N2O. The van der Waals surface area contributed by atoms with Gasteiger partial charge in [0.1, 0.15) is 0 Å². The van der Waals surface area contributed by atoms with Crippen molar-refractivity contribution in [2.45, 2.75) is 19.3 Å². The largest absolute Gasteiger partial charge is 0.345 e. The van der Waals surface area contributed by atoms with Crippen LogP contribution in [-0.4, -0.2) is 9.97 Å². The molecule has 3 heteroatoms. The summed E-state index contributed by atoms with van der Waals surface area (Å²) in [6, 6.07) is 8.24. The maximum atomic E-state index is 11.3. The van der Waals surface area contributed by atoms with Gasteiger partial charge in [0, 0.05) is 11.8 Å². The molecule has 0 fully saturated rings. The molecular weight excluding hydrogens is 200 g/mol. The third-order valence-corrected chi connectivity index (χ3v) is 3.07. The number of aromatic amines is 1. The summed E-state index contributed by atoms with van der Waals surface area (Å²) >= 11 is 0. The Morgan fingerprint density at radius 1 is 1.12 bits per heavy atom. The monoisotopic (exact) mass is 212 g/mol. The molecule has 0 radical (unpaired) electrons. The van der Waals surface area contributed by atoms with Crippen LogP contribution in [0.3, 0.4) is 0 Å². The molecule has 0 saturated heterocycles. The first kappa shape index (κ1) is 9.33. The van der Waals surface area contributed by atoms with E-state index in [0.717, 1.165) is 36.1 Å². The van der Waals surface area contributed by atoms with E-state index in [1.807, 2.05) is 12.1 Å². The van der Waals surface area contributed by atoms with Gasteiger partial charge in [-0.05, 0) is 30.4 Å². The zero-order valence-corrected chi connectivity index (χ0v) is 8.86. The molecule has 0 bridgehead atoms. The molecule has 1 heterocycles. The van der Waals surface area contributed by atoms with Gasteiger partial charge in [0.25, 0.3) is 0 Å². The quantitative estimate of drug-likeness (QED) is 0.725. The molecule has 0 atom stereocenters. The number of H-pyrrole nitrogens is 1. The highest BCUT2D eigenvalue weighted by molar-refractivity contribution is 5.67. The van der Waals surface area contributed by atoms with Crippen LogP contribution in [0.15, 0.2) is 35.3 Å². The first-order valence-electron chi connectivity index (χ1n) is 5.51. The molecule has 0 amide bonds. The molecule has 1 N–H and O–H groups in total. The minimum atomic E-state index is -0.268. The predicted octanol–water partition coefficient (Wildman–Crippen LogP) is 1.93. The fourth-order valence-electron chi connectivity index (χ4n) is 2.30. The number of aryl methyl sites for hydroxylation is 2. The van der Waals surface area contributed by atoms with Crippen LogP contribution >= 0.6 is 0 Å². The van der Waals surface area contributed by atoms with E-state index in [0.29, 0.717) is 0 Å². The Morgan fingerprint density at radius 3 is 2.88 bits per heavy atom. The minimum absolute atomic E-state index is 0.268. The number of aromatic nitrogens is 2. The van der Waals surface area contributed by atoms with Crippen LogP contribution in [0.2, 0.25) is 0 Å². The Labute approximate surface area is 93.2 Å². The minimum Gasteiger partial charge on any atom is -0.305 e. The van der Waals surface area contributed by atoms with Crippen molar-refractivity contribution in [3.05, 3.63) is 52.1 Å². The van der Waals surface area contributed by atoms with E-state index in [-0.39, 0.29) is 5.69 Å². The second-order valence-corrected chi connectivity index (χ2v) is 4.10. The average molecular weight is 212 g/mol. The number of nitrogens with one attached hydrogen (secondary N) is 1. The van der Waals surface area contributed by atoms with Crippen molar-refractivity contribution < 1.29 is 0 Å². The molecule has 0 saturated carbocycles. The van der Waals surface area contributed by atoms with E-state index < -0.39 is 0 Å². The lowest BCUT2D eigenvalue weighted by Gasteiger charge is -2.07. The molecule has 1 aliphatic carbocycles. The lowest BCUT2D eigenvalue weighted by Crippen LogP contribution is -2.12. The third-order valence-electron chi connectivity index (χ3n) is 3.07. The van der Waals surface area contributed by atoms with E-state index >= 15 is 0 Å². The molecule has 1 aliphatic rings. The molecule has 2 aromatic rings. The van der Waals surface area contributed by atoms with Gasteiger partial charge in [0.15, 0.2) is 0 Å². The van der Waals surface area contributed by atoms with Gasteiger partial charge < -0.3 is 4.98 Å². The maximum Gasteiger partial charge on any atom is 0.345 e. The summed E-state index contributed by atoms with van der Waals surface area (Å²) in [4.78, 5) is 17.9. The average Bonchev–Trinajstić information content (AvgIpc) is 2.48. The third kappa shape index (κ3) is 1.45. The Morgan fingerprint density at radius 2 is 1.94 bits per heavy atom. The Bertz CT molecular complexity index is 586. The highest BCUT2D eigenvalue weighted by Crippen LogP contribution is 2.29. The van der Waals surface area contributed by atoms with Gasteiger partial charge in [-0.25, -0.2) is 9.78 Å². The van der Waals surface area contributed by atoms with Crippen LogP contribution in [0.4, 0.5) is 0 Å². The molecule has 1 aromatic heterocycles. The van der Waals surface area contributed by atoms with Crippen molar-refractivity contribution in [2.24, 2.45) is 0 Å². The van der Waals surface area contributed by atoms with Gasteiger partial charge in [-0.15, -0.1) is 0 Å². The van der Waals surface area contributed by atoms with Crippen molar-refractivity contribution in [1.82, 2.24) is 9.97 Å². The number of fused-ring (bicyclic) bond motifs is 3. The van der Waals surface area contributed by atoms with Crippen molar-refractivity contribution in [3.8, 4) is 11.3 Å². The van der Waals surface area contributed by atoms with E-state index in [4.69, 9.17) is 0 Å². The standard InChI is InChI=1S/C13H12N2O/c16-13-14-8-10-6-3-5-9-4-1-2-7-11(9)12(10)15-13/h1-2,4,7-8H,3,5-6H2,(H,14,15,16). The highest BCUT2D eigenvalue weighted by atomic mass is 16.1. The summed E-state index contributed by atoms with van der Waals surface area (Å²) in [5.74, 6) is 0. The van der Waals surface area contributed by atoms with Crippen molar-refractivity contribution >= 4 is 0 Å². The molecule has 0 unspecified atom stereocenters. The fourth-order valence-corrected chi connectivity index (χ4v) is 2.30. The second kappa shape index (κ2) is 3.59. The predicted molar refractivity (Wildman–Crippen MR) is 62.3 cm³/mol. The Balaban J connectivity index is 2.32. The first-order chi connectivity index (χ1) is 7.84. The Hall–Kier alpha value is -1.90. The summed E-state index contributed by atoms with van der Waals surface area (Å²) in [7, 11) is 0. The summed E-state index contributed by atoms with van der Waals surface area (Å²) in [6.07, 6.45) is 4.86. The first-order valence-corrected chi connectivity index (χ1v) is 5.51. The van der Waals surface area contributed by atoms with Crippen LogP contribution in [0.5, 0.6) is 0 Å². The molecule has 3 nitrogen and oxygen atoms in total. The van der Waals surface area contributed by atoms with Crippen molar-refractivity contribution in [2.75, 3.05) is 0 Å². The van der Waals surface area contributed by atoms with Crippen LogP contribution in [0.1, 0.15) is 17.5 Å². The Kier molecular flexibility index (Phi) is 2.10. The van der Waals surface area contributed by atoms with E-state index in [1.54, 1.807) is 6.20 Å². The summed E-state index contributed by atoms with van der Waals surface area (Å²) in [5.41, 5.74) is 4.28. The SMILES string of the molecule is O=c1ncc2c([nH]1)-c1ccccc1CCC2. The molecule has 16 heavy (non-hydrogen) atoms. The molecule has 3 rings (SSSR count). The summed E-state index contributed by atoms with van der Waals surface area (Å²) in [6.45, 7) is 0. The van der Waals surface area contributed by atoms with E-state index in [2.05, 4.69) is 22.1 Å². The second-order valence-electron chi connectivity index (χ2n) is 4.10. The zero-order valence-electron chi connectivity index (χ0n) is 8.86. The summed E-state index contributed by atoms with van der Waals surface area (Å²) in [5, 5.41) is 0. The molecule has 80 valence electrons. The lowest BCUT2D eigenvalue weighted by molar-refractivity contribution is 0.827. The number of nitrogens with zero attached hydrogens (tertiary/aromatic N) is 1. The van der Waals surface area contributed by atoms with Crippen LogP contribution in [0, 0.1) is 0 Å². The van der Waals surface area contributed by atoms with Crippen molar-refractivity contribution in [3.63, 3.8) is 0 Å². The van der Waals surface area contributed by atoms with Gasteiger partial charge >= 0.3 is 5.69 Å². The van der Waals surface area contributed by atoms with E-state index in [1.165, 1.54) is 5.56 Å². The van der Waals surface area contributed by atoms with Gasteiger partial charge in [-0.1, -0.05) is 24.3 Å². The normalized spacial score (nSPS) is 13.8.